The highest BCUT2D eigenvalue weighted by Crippen LogP contribution is 2.23. The second kappa shape index (κ2) is 7.93. The Morgan fingerprint density at radius 3 is 2.55 bits per heavy atom. The van der Waals surface area contributed by atoms with Crippen LogP contribution in [0.25, 0.3) is 10.7 Å². The topological polar surface area (TPSA) is 115 Å². The quantitative estimate of drug-likeness (QED) is 0.635. The standard InChI is InChI=1S/C18H18N4O5S2/c23-16(12-22-17(20-27-18(22)24)15-4-3-11-28-15)19-13-5-7-14(8-6-13)29(25,26)21-9-1-2-10-21/h3-8,11H,1-2,9-10,12H2,(H,19,23). The molecule has 2 aromatic heterocycles. The summed E-state index contributed by atoms with van der Waals surface area (Å²) < 4.78 is 32.4. The number of anilines is 1. The van der Waals surface area contributed by atoms with Crippen LogP contribution in [0.5, 0.6) is 0 Å². The van der Waals surface area contributed by atoms with E-state index in [0.29, 0.717) is 23.7 Å². The third kappa shape index (κ3) is 4.02. The molecule has 11 heteroatoms. The van der Waals surface area contributed by atoms with E-state index in [1.165, 1.54) is 39.9 Å². The maximum Gasteiger partial charge on any atom is 0.442 e. The molecule has 0 radical (unpaired) electrons. The van der Waals surface area contributed by atoms with Gasteiger partial charge >= 0.3 is 5.76 Å². The molecular formula is C18H18N4O5S2. The fraction of sp³-hybridized carbons (Fsp3) is 0.278. The summed E-state index contributed by atoms with van der Waals surface area (Å²) in [5.41, 5.74) is 0.428. The number of thiophene rings is 1. The van der Waals surface area contributed by atoms with Crippen LogP contribution in [0.4, 0.5) is 5.69 Å². The van der Waals surface area contributed by atoms with E-state index in [1.807, 2.05) is 5.38 Å². The number of nitrogens with zero attached hydrogens (tertiary/aromatic N) is 3. The van der Waals surface area contributed by atoms with Gasteiger partial charge in [0.2, 0.25) is 15.9 Å². The van der Waals surface area contributed by atoms with Gasteiger partial charge in [-0.3, -0.25) is 9.32 Å². The summed E-state index contributed by atoms with van der Waals surface area (Å²) in [5, 5.41) is 8.21. The van der Waals surface area contributed by atoms with Gasteiger partial charge in [-0.25, -0.2) is 17.8 Å². The van der Waals surface area contributed by atoms with Crippen molar-refractivity contribution >= 4 is 33.0 Å². The van der Waals surface area contributed by atoms with E-state index >= 15 is 0 Å². The third-order valence-corrected chi connectivity index (χ3v) is 7.35. The van der Waals surface area contributed by atoms with Crippen LogP contribution in [0.3, 0.4) is 0 Å². The van der Waals surface area contributed by atoms with Crippen molar-refractivity contribution in [1.29, 1.82) is 0 Å². The molecule has 1 aromatic carbocycles. The summed E-state index contributed by atoms with van der Waals surface area (Å²) >= 11 is 1.37. The van der Waals surface area contributed by atoms with Gasteiger partial charge in [0.15, 0.2) is 5.82 Å². The van der Waals surface area contributed by atoms with Crippen molar-refractivity contribution < 1.29 is 17.7 Å². The molecule has 1 fully saturated rings. The Hall–Kier alpha value is -2.76. The molecule has 0 aliphatic carbocycles. The Kier molecular flexibility index (Phi) is 5.35. The predicted octanol–water partition coefficient (Wildman–Crippen LogP) is 1.99. The molecule has 152 valence electrons. The zero-order valence-corrected chi connectivity index (χ0v) is 16.9. The van der Waals surface area contributed by atoms with Crippen molar-refractivity contribution in [2.24, 2.45) is 0 Å². The second-order valence-electron chi connectivity index (χ2n) is 6.52. The Morgan fingerprint density at radius 2 is 1.90 bits per heavy atom. The van der Waals surface area contributed by atoms with Gasteiger partial charge in [-0.1, -0.05) is 11.2 Å². The summed E-state index contributed by atoms with van der Waals surface area (Å²) in [6.45, 7) is 0.783. The molecular weight excluding hydrogens is 416 g/mol. The Bertz CT molecular complexity index is 1160. The normalized spacial score (nSPS) is 14.9. The summed E-state index contributed by atoms with van der Waals surface area (Å²) in [5.74, 6) is -0.897. The number of hydrogen-bond donors (Lipinski definition) is 1. The van der Waals surface area contributed by atoms with Gasteiger partial charge in [0.05, 0.1) is 9.77 Å². The SMILES string of the molecule is O=C(Cn1c(-c2cccs2)noc1=O)Nc1ccc(S(=O)(=O)N2CCCC2)cc1. The Labute approximate surface area is 170 Å². The smallest absolute Gasteiger partial charge is 0.325 e. The van der Waals surface area contributed by atoms with Gasteiger partial charge in [-0.15, -0.1) is 11.3 Å². The molecule has 0 bridgehead atoms. The van der Waals surface area contributed by atoms with Gasteiger partial charge in [0.1, 0.15) is 6.54 Å². The van der Waals surface area contributed by atoms with Crippen molar-refractivity contribution in [1.82, 2.24) is 14.0 Å². The molecule has 0 saturated carbocycles. The number of aromatic nitrogens is 2. The lowest BCUT2D eigenvalue weighted by Gasteiger charge is -2.15. The largest absolute Gasteiger partial charge is 0.442 e. The van der Waals surface area contributed by atoms with Gasteiger partial charge < -0.3 is 5.32 Å². The van der Waals surface area contributed by atoms with Crippen LogP contribution in [-0.4, -0.2) is 41.4 Å². The fourth-order valence-electron chi connectivity index (χ4n) is 3.12. The first-order valence-electron chi connectivity index (χ1n) is 8.95. The maximum absolute atomic E-state index is 12.6. The molecule has 1 aliphatic heterocycles. The average Bonchev–Trinajstić information content (AvgIpc) is 3.45. The summed E-state index contributed by atoms with van der Waals surface area (Å²) in [4.78, 5) is 25.2. The molecule has 1 amide bonds. The van der Waals surface area contributed by atoms with Crippen LogP contribution in [-0.2, 0) is 21.4 Å². The van der Waals surface area contributed by atoms with E-state index in [9.17, 15) is 18.0 Å². The zero-order valence-electron chi connectivity index (χ0n) is 15.3. The first-order chi connectivity index (χ1) is 13.9. The second-order valence-corrected chi connectivity index (χ2v) is 9.40. The summed E-state index contributed by atoms with van der Waals surface area (Å²) in [6, 6.07) is 9.56. The highest BCUT2D eigenvalue weighted by Gasteiger charge is 2.27. The number of amides is 1. The molecule has 4 rings (SSSR count). The average molecular weight is 434 g/mol. The number of carbonyl (C=O) groups excluding carboxylic acids is 1. The number of carbonyl (C=O) groups is 1. The molecule has 29 heavy (non-hydrogen) atoms. The summed E-state index contributed by atoms with van der Waals surface area (Å²) in [7, 11) is -3.51. The first-order valence-corrected chi connectivity index (χ1v) is 11.3. The van der Waals surface area contributed by atoms with Crippen LogP contribution >= 0.6 is 11.3 Å². The van der Waals surface area contributed by atoms with E-state index in [1.54, 1.807) is 12.1 Å². The van der Waals surface area contributed by atoms with E-state index in [-0.39, 0.29) is 17.3 Å². The Balaban J connectivity index is 1.46. The number of benzene rings is 1. The lowest BCUT2D eigenvalue weighted by Crippen LogP contribution is -2.28. The highest BCUT2D eigenvalue weighted by molar-refractivity contribution is 7.89. The lowest BCUT2D eigenvalue weighted by molar-refractivity contribution is -0.116. The van der Waals surface area contributed by atoms with E-state index in [0.717, 1.165) is 17.4 Å². The first kappa shape index (κ1) is 19.6. The molecule has 3 aromatic rings. The molecule has 9 nitrogen and oxygen atoms in total. The highest BCUT2D eigenvalue weighted by atomic mass is 32.2. The Morgan fingerprint density at radius 1 is 1.17 bits per heavy atom. The maximum atomic E-state index is 12.6. The zero-order chi connectivity index (χ0) is 20.4. The van der Waals surface area contributed by atoms with E-state index < -0.39 is 21.7 Å². The molecule has 0 spiro atoms. The van der Waals surface area contributed by atoms with Crippen molar-refractivity contribution in [3.05, 3.63) is 52.3 Å². The van der Waals surface area contributed by atoms with E-state index in [4.69, 9.17) is 0 Å². The van der Waals surface area contributed by atoms with E-state index in [2.05, 4.69) is 15.0 Å². The van der Waals surface area contributed by atoms with Crippen LogP contribution < -0.4 is 11.1 Å². The van der Waals surface area contributed by atoms with Gasteiger partial charge in [-0.2, -0.15) is 4.31 Å². The molecule has 0 unspecified atom stereocenters. The minimum absolute atomic E-state index is 0.188. The molecule has 1 N–H and O–H groups in total. The van der Waals surface area contributed by atoms with Crippen LogP contribution in [0, 0.1) is 0 Å². The molecule has 3 heterocycles. The van der Waals surface area contributed by atoms with Gasteiger partial charge in [0.25, 0.3) is 0 Å². The lowest BCUT2D eigenvalue weighted by atomic mass is 10.3. The number of rotatable bonds is 6. The van der Waals surface area contributed by atoms with Gasteiger partial charge in [0, 0.05) is 18.8 Å². The van der Waals surface area contributed by atoms with Crippen LogP contribution in [0.15, 0.2) is 56.0 Å². The van der Waals surface area contributed by atoms with Crippen molar-refractivity contribution in [2.75, 3.05) is 18.4 Å². The third-order valence-electron chi connectivity index (χ3n) is 4.57. The van der Waals surface area contributed by atoms with Crippen molar-refractivity contribution in [3.8, 4) is 10.7 Å². The monoisotopic (exact) mass is 434 g/mol. The van der Waals surface area contributed by atoms with Crippen LogP contribution in [0.1, 0.15) is 12.8 Å². The fourth-order valence-corrected chi connectivity index (χ4v) is 5.35. The number of hydrogen-bond acceptors (Lipinski definition) is 7. The molecule has 1 saturated heterocycles. The van der Waals surface area contributed by atoms with Crippen molar-refractivity contribution in [3.63, 3.8) is 0 Å². The predicted molar refractivity (Wildman–Crippen MR) is 107 cm³/mol. The van der Waals surface area contributed by atoms with Crippen molar-refractivity contribution in [2.45, 2.75) is 24.3 Å². The number of sulfonamides is 1. The molecule has 1 aliphatic rings. The minimum Gasteiger partial charge on any atom is -0.325 e. The van der Waals surface area contributed by atoms with Crippen LogP contribution in [0.2, 0.25) is 0 Å². The molecule has 0 atom stereocenters. The summed E-state index contributed by atoms with van der Waals surface area (Å²) in [6.07, 6.45) is 1.73. The van der Waals surface area contributed by atoms with Gasteiger partial charge in [-0.05, 0) is 48.6 Å². The minimum atomic E-state index is -3.51. The number of nitrogens with one attached hydrogen (secondary N) is 1.